The van der Waals surface area contributed by atoms with Gasteiger partial charge in [-0.05, 0) is 55.9 Å². The van der Waals surface area contributed by atoms with Crippen LogP contribution >= 0.6 is 0 Å². The molecule has 0 aromatic carbocycles. The van der Waals surface area contributed by atoms with Crippen LogP contribution in [0.3, 0.4) is 0 Å². The normalized spacial score (nSPS) is 38.3. The summed E-state index contributed by atoms with van der Waals surface area (Å²) >= 11 is 0. The van der Waals surface area contributed by atoms with Gasteiger partial charge in [-0.3, -0.25) is 4.79 Å². The van der Waals surface area contributed by atoms with Crippen molar-refractivity contribution in [3.8, 4) is 18.0 Å². The van der Waals surface area contributed by atoms with E-state index in [9.17, 15) is 10.1 Å². The minimum atomic E-state index is -0.478. The molecule has 156 valence electrons. The molecule has 1 aromatic heterocycles. The third-order valence-electron chi connectivity index (χ3n) is 8.37. The molecule has 30 heavy (non-hydrogen) atoms. The molecule has 6 rings (SSSR count). The molecule has 4 saturated carbocycles. The van der Waals surface area contributed by atoms with Crippen molar-refractivity contribution in [1.29, 1.82) is 10.5 Å². The number of aromatic nitrogens is 1. The zero-order valence-electron chi connectivity index (χ0n) is 17.7. The Bertz CT molecular complexity index is 925. The number of carbonyl (C=O) groups is 1. The number of rotatable bonds is 4. The van der Waals surface area contributed by atoms with Crippen LogP contribution in [-0.4, -0.2) is 35.0 Å². The van der Waals surface area contributed by atoms with Crippen molar-refractivity contribution in [3.63, 3.8) is 0 Å². The highest BCUT2D eigenvalue weighted by Crippen LogP contribution is 2.61. The maximum atomic E-state index is 13.5. The highest BCUT2D eigenvalue weighted by atomic mass is 16.5. The molecule has 6 heteroatoms. The lowest BCUT2D eigenvalue weighted by Crippen LogP contribution is -2.59. The summed E-state index contributed by atoms with van der Waals surface area (Å²) < 4.78 is 5.92. The molecule has 2 heterocycles. The van der Waals surface area contributed by atoms with E-state index in [2.05, 4.69) is 22.0 Å². The van der Waals surface area contributed by atoms with E-state index in [0.29, 0.717) is 42.3 Å². The minimum Gasteiger partial charge on any atom is -0.477 e. The molecule has 0 spiro atoms. The summed E-state index contributed by atoms with van der Waals surface area (Å²) in [4.78, 5) is 19.8. The second-order valence-electron chi connectivity index (χ2n) is 10.5. The summed E-state index contributed by atoms with van der Waals surface area (Å²) in [5.74, 6) is 2.41. The molecule has 4 aliphatic carbocycles. The number of nitriles is 2. The highest BCUT2D eigenvalue weighted by Gasteiger charge is 2.60. The van der Waals surface area contributed by atoms with Crippen LogP contribution < -0.4 is 4.74 Å². The number of hydrogen-bond donors (Lipinski definition) is 0. The Morgan fingerprint density at radius 2 is 1.93 bits per heavy atom. The summed E-state index contributed by atoms with van der Waals surface area (Å²) in [5, 5.41) is 18.7. The van der Waals surface area contributed by atoms with Crippen LogP contribution in [-0.2, 0) is 4.79 Å². The number of likely N-dealkylation sites (tertiary alicyclic amines) is 1. The summed E-state index contributed by atoms with van der Waals surface area (Å²) in [7, 11) is 0. The Labute approximate surface area is 177 Å². The van der Waals surface area contributed by atoms with E-state index in [0.717, 1.165) is 19.3 Å². The van der Waals surface area contributed by atoms with Crippen molar-refractivity contribution < 1.29 is 9.53 Å². The lowest BCUT2D eigenvalue weighted by molar-refractivity contribution is -0.147. The molecule has 1 amide bonds. The maximum Gasteiger partial charge on any atom is 0.228 e. The second-order valence-corrected chi connectivity index (χ2v) is 10.5. The van der Waals surface area contributed by atoms with Crippen LogP contribution in [0.4, 0.5) is 0 Å². The smallest absolute Gasteiger partial charge is 0.228 e. The van der Waals surface area contributed by atoms with E-state index in [-0.39, 0.29) is 23.3 Å². The maximum absolute atomic E-state index is 13.5. The number of amides is 1. The fourth-order valence-corrected chi connectivity index (χ4v) is 6.97. The molecule has 1 unspecified atom stereocenters. The molecule has 4 bridgehead atoms. The summed E-state index contributed by atoms with van der Waals surface area (Å²) in [6, 6.07) is 8.39. The average Bonchev–Trinajstić information content (AvgIpc) is 2.95. The van der Waals surface area contributed by atoms with Crippen LogP contribution in [0.5, 0.6) is 5.88 Å². The second kappa shape index (κ2) is 6.71. The zero-order valence-corrected chi connectivity index (χ0v) is 17.7. The van der Waals surface area contributed by atoms with Gasteiger partial charge in [-0.2, -0.15) is 10.5 Å². The molecule has 1 aliphatic heterocycles. The Morgan fingerprint density at radius 1 is 1.20 bits per heavy atom. The number of hydrogen-bond acceptors (Lipinski definition) is 5. The molecule has 0 radical (unpaired) electrons. The van der Waals surface area contributed by atoms with E-state index < -0.39 is 5.41 Å². The van der Waals surface area contributed by atoms with Crippen LogP contribution in [0.1, 0.15) is 51.5 Å². The lowest BCUT2D eigenvalue weighted by Gasteiger charge is -2.59. The standard InChI is InChI=1S/C24H28N4O2/c1-23(2)19(13-30-20-4-3-15(10-25)11-27-20)12-28(22(23)29)21-17-5-16-6-18(21)9-24(7-16,8-17)14-26/h3-4,11,16-19,21H,5-9,12-13H2,1-2H3/t16?,17-,18-,19?,21?,24?/m1/s1. The van der Waals surface area contributed by atoms with Gasteiger partial charge in [0.15, 0.2) is 0 Å². The van der Waals surface area contributed by atoms with Crippen LogP contribution in [0, 0.1) is 57.2 Å². The lowest BCUT2D eigenvalue weighted by atomic mass is 9.48. The van der Waals surface area contributed by atoms with Gasteiger partial charge in [0.2, 0.25) is 11.8 Å². The summed E-state index contributed by atoms with van der Waals surface area (Å²) in [6.45, 7) is 5.20. The fourth-order valence-electron chi connectivity index (χ4n) is 6.97. The van der Waals surface area contributed by atoms with Gasteiger partial charge in [0.05, 0.1) is 29.1 Å². The molecule has 5 fully saturated rings. The van der Waals surface area contributed by atoms with E-state index in [1.54, 1.807) is 12.1 Å². The predicted molar refractivity (Wildman–Crippen MR) is 109 cm³/mol. The number of nitrogens with zero attached hydrogens (tertiary/aromatic N) is 4. The van der Waals surface area contributed by atoms with E-state index in [1.165, 1.54) is 19.0 Å². The third kappa shape index (κ3) is 2.88. The van der Waals surface area contributed by atoms with Crippen molar-refractivity contribution in [1.82, 2.24) is 9.88 Å². The van der Waals surface area contributed by atoms with Crippen molar-refractivity contribution in [2.75, 3.05) is 13.2 Å². The van der Waals surface area contributed by atoms with Crippen molar-refractivity contribution in [3.05, 3.63) is 23.9 Å². The molecular weight excluding hydrogens is 376 g/mol. The Balaban J connectivity index is 1.31. The predicted octanol–water partition coefficient (Wildman–Crippen LogP) is 3.54. The zero-order chi connectivity index (χ0) is 21.1. The molecule has 6 nitrogen and oxygen atoms in total. The summed E-state index contributed by atoms with van der Waals surface area (Å²) in [6.07, 6.45) is 6.84. The molecule has 3 atom stereocenters. The monoisotopic (exact) mass is 404 g/mol. The molecule has 1 saturated heterocycles. The van der Waals surface area contributed by atoms with Gasteiger partial charge in [0, 0.05) is 30.8 Å². The van der Waals surface area contributed by atoms with Crippen LogP contribution in [0.15, 0.2) is 18.3 Å². The van der Waals surface area contributed by atoms with Gasteiger partial charge in [0.25, 0.3) is 0 Å². The number of pyridine rings is 1. The fraction of sp³-hybridized carbons (Fsp3) is 0.667. The Hall–Kier alpha value is -2.60. The van der Waals surface area contributed by atoms with Crippen molar-refractivity contribution in [2.45, 2.75) is 52.0 Å². The van der Waals surface area contributed by atoms with Gasteiger partial charge in [-0.1, -0.05) is 13.8 Å². The Morgan fingerprint density at radius 3 is 2.53 bits per heavy atom. The van der Waals surface area contributed by atoms with Gasteiger partial charge in [-0.15, -0.1) is 0 Å². The highest BCUT2D eigenvalue weighted by molar-refractivity contribution is 5.85. The molecular formula is C24H28N4O2. The number of carbonyl (C=O) groups excluding carboxylic acids is 1. The Kier molecular flexibility index (Phi) is 4.33. The average molecular weight is 405 g/mol. The first-order valence-corrected chi connectivity index (χ1v) is 11.1. The first kappa shape index (κ1) is 19.4. The van der Waals surface area contributed by atoms with E-state index >= 15 is 0 Å². The van der Waals surface area contributed by atoms with Crippen molar-refractivity contribution in [2.24, 2.45) is 34.5 Å². The van der Waals surface area contributed by atoms with E-state index in [4.69, 9.17) is 10.00 Å². The van der Waals surface area contributed by atoms with Crippen LogP contribution in [0.25, 0.3) is 0 Å². The quantitative estimate of drug-likeness (QED) is 0.766. The first-order chi connectivity index (χ1) is 14.3. The molecule has 0 N–H and O–H groups in total. The third-order valence-corrected chi connectivity index (χ3v) is 8.37. The summed E-state index contributed by atoms with van der Waals surface area (Å²) in [5.41, 5.74) is -0.106. The minimum absolute atomic E-state index is 0.0876. The van der Waals surface area contributed by atoms with Crippen molar-refractivity contribution >= 4 is 5.91 Å². The van der Waals surface area contributed by atoms with Gasteiger partial charge >= 0.3 is 0 Å². The largest absolute Gasteiger partial charge is 0.477 e. The van der Waals surface area contributed by atoms with E-state index in [1.807, 2.05) is 13.8 Å². The van der Waals surface area contributed by atoms with Gasteiger partial charge < -0.3 is 9.64 Å². The molecule has 5 aliphatic rings. The van der Waals surface area contributed by atoms with Gasteiger partial charge in [0.1, 0.15) is 6.07 Å². The SMILES string of the molecule is CC1(C)C(=O)N(C2[C@@H]3CC4C[C@@H]2CC(C#N)(C4)C3)CC1COc1ccc(C#N)cn1. The number of ether oxygens (including phenoxy) is 1. The van der Waals surface area contributed by atoms with Crippen LogP contribution in [0.2, 0.25) is 0 Å². The topological polar surface area (TPSA) is 90.0 Å². The van der Waals surface area contributed by atoms with Gasteiger partial charge in [-0.25, -0.2) is 4.98 Å². The first-order valence-electron chi connectivity index (χ1n) is 11.1. The molecule has 1 aromatic rings.